The molecule has 1 aliphatic rings. The third kappa shape index (κ3) is 2.05. The molecular formula is C13H11BrO3. The maximum atomic E-state index is 5.56. The van der Waals surface area contributed by atoms with Crippen LogP contribution in [0.1, 0.15) is 16.2 Å². The van der Waals surface area contributed by atoms with E-state index >= 15 is 0 Å². The number of rotatable bonds is 2. The molecule has 4 heteroatoms. The van der Waals surface area contributed by atoms with Crippen LogP contribution in [-0.2, 0) is 0 Å². The zero-order valence-corrected chi connectivity index (χ0v) is 10.6. The summed E-state index contributed by atoms with van der Waals surface area (Å²) in [5.74, 6) is 2.48. The second kappa shape index (κ2) is 4.45. The van der Waals surface area contributed by atoms with Crippen LogP contribution in [0, 0.1) is 0 Å². The lowest BCUT2D eigenvalue weighted by atomic mass is 10.1. The lowest BCUT2D eigenvalue weighted by molar-refractivity contribution is 0.171. The van der Waals surface area contributed by atoms with Crippen LogP contribution in [0.3, 0.4) is 0 Å². The Morgan fingerprint density at radius 1 is 1.06 bits per heavy atom. The van der Waals surface area contributed by atoms with Gasteiger partial charge in [0.2, 0.25) is 0 Å². The number of halogens is 1. The summed E-state index contributed by atoms with van der Waals surface area (Å²) in [5, 5.41) is 0. The summed E-state index contributed by atoms with van der Waals surface area (Å²) in [7, 11) is 0. The molecule has 88 valence electrons. The zero-order chi connectivity index (χ0) is 11.7. The second-order valence-electron chi connectivity index (χ2n) is 3.78. The quantitative estimate of drug-likeness (QED) is 0.794. The Hall–Kier alpha value is -1.42. The largest absolute Gasteiger partial charge is 0.486 e. The summed E-state index contributed by atoms with van der Waals surface area (Å²) in [6, 6.07) is 9.74. The summed E-state index contributed by atoms with van der Waals surface area (Å²) >= 11 is 3.61. The van der Waals surface area contributed by atoms with Crippen LogP contribution in [-0.4, -0.2) is 13.2 Å². The molecule has 0 fully saturated rings. The first-order chi connectivity index (χ1) is 8.34. The molecule has 0 spiro atoms. The van der Waals surface area contributed by atoms with Crippen molar-refractivity contribution < 1.29 is 13.9 Å². The Morgan fingerprint density at radius 3 is 2.65 bits per heavy atom. The third-order valence-electron chi connectivity index (χ3n) is 2.65. The highest BCUT2D eigenvalue weighted by Gasteiger charge is 2.17. The Balaban J connectivity index is 1.93. The Morgan fingerprint density at radius 2 is 1.88 bits per heavy atom. The van der Waals surface area contributed by atoms with E-state index in [9.17, 15) is 0 Å². The van der Waals surface area contributed by atoms with Gasteiger partial charge in [0.1, 0.15) is 19.0 Å². The summed E-state index contributed by atoms with van der Waals surface area (Å²) < 4.78 is 16.4. The van der Waals surface area contributed by atoms with Gasteiger partial charge in [-0.25, -0.2) is 0 Å². The van der Waals surface area contributed by atoms with Crippen molar-refractivity contribution in [3.8, 4) is 11.5 Å². The van der Waals surface area contributed by atoms with Gasteiger partial charge in [-0.05, 0) is 29.8 Å². The van der Waals surface area contributed by atoms with Crippen LogP contribution >= 0.6 is 15.9 Å². The van der Waals surface area contributed by atoms with E-state index in [1.54, 1.807) is 6.26 Å². The number of hydrogen-bond donors (Lipinski definition) is 0. The van der Waals surface area contributed by atoms with E-state index in [0.717, 1.165) is 22.8 Å². The van der Waals surface area contributed by atoms with Gasteiger partial charge in [-0.3, -0.25) is 0 Å². The molecule has 0 radical (unpaired) electrons. The molecular weight excluding hydrogens is 284 g/mol. The van der Waals surface area contributed by atoms with Gasteiger partial charge in [0.15, 0.2) is 11.5 Å². The summed E-state index contributed by atoms with van der Waals surface area (Å²) in [6.07, 6.45) is 1.67. The number of hydrogen-bond acceptors (Lipinski definition) is 3. The van der Waals surface area contributed by atoms with Gasteiger partial charge in [-0.15, -0.1) is 0 Å². The first-order valence-electron chi connectivity index (χ1n) is 5.41. The van der Waals surface area contributed by atoms with Crippen molar-refractivity contribution in [2.75, 3.05) is 13.2 Å². The van der Waals surface area contributed by atoms with Gasteiger partial charge >= 0.3 is 0 Å². The molecule has 0 aliphatic carbocycles. The molecule has 1 atom stereocenters. The third-order valence-corrected chi connectivity index (χ3v) is 3.63. The maximum absolute atomic E-state index is 5.56. The van der Waals surface area contributed by atoms with Crippen LogP contribution in [0.2, 0.25) is 0 Å². The van der Waals surface area contributed by atoms with Gasteiger partial charge in [0.05, 0.1) is 11.1 Å². The Kier molecular flexibility index (Phi) is 2.81. The van der Waals surface area contributed by atoms with Crippen molar-refractivity contribution in [2.24, 2.45) is 0 Å². The summed E-state index contributed by atoms with van der Waals surface area (Å²) in [5.41, 5.74) is 1.09. The first kappa shape index (κ1) is 10.7. The van der Waals surface area contributed by atoms with Crippen LogP contribution in [0.25, 0.3) is 0 Å². The first-order valence-corrected chi connectivity index (χ1v) is 6.33. The van der Waals surface area contributed by atoms with Crippen molar-refractivity contribution >= 4 is 15.9 Å². The predicted octanol–water partition coefficient (Wildman–Crippen LogP) is 3.54. The average molecular weight is 295 g/mol. The maximum Gasteiger partial charge on any atom is 0.161 e. The Labute approximate surface area is 107 Å². The molecule has 0 N–H and O–H groups in total. The van der Waals surface area contributed by atoms with E-state index in [4.69, 9.17) is 13.9 Å². The molecule has 3 nitrogen and oxygen atoms in total. The highest BCUT2D eigenvalue weighted by atomic mass is 79.9. The average Bonchev–Trinajstić information content (AvgIpc) is 2.91. The molecule has 1 aliphatic heterocycles. The van der Waals surface area contributed by atoms with Gasteiger partial charge in [0, 0.05) is 0 Å². The van der Waals surface area contributed by atoms with Gasteiger partial charge in [-0.1, -0.05) is 22.0 Å². The van der Waals surface area contributed by atoms with Crippen molar-refractivity contribution in [1.82, 2.24) is 0 Å². The van der Waals surface area contributed by atoms with E-state index in [-0.39, 0.29) is 4.83 Å². The van der Waals surface area contributed by atoms with E-state index in [2.05, 4.69) is 15.9 Å². The fourth-order valence-electron chi connectivity index (χ4n) is 1.82. The van der Waals surface area contributed by atoms with Crippen LogP contribution in [0.15, 0.2) is 41.0 Å². The minimum atomic E-state index is 0.0355. The smallest absolute Gasteiger partial charge is 0.161 e. The van der Waals surface area contributed by atoms with Crippen molar-refractivity contribution in [1.29, 1.82) is 0 Å². The molecule has 2 heterocycles. The van der Waals surface area contributed by atoms with Gasteiger partial charge in [-0.2, -0.15) is 0 Å². The highest BCUT2D eigenvalue weighted by Crippen LogP contribution is 2.37. The molecule has 1 aromatic carbocycles. The molecule has 2 aromatic rings. The minimum absolute atomic E-state index is 0.0355. The fraction of sp³-hybridized carbons (Fsp3) is 0.231. The molecule has 3 rings (SSSR count). The lowest BCUT2D eigenvalue weighted by Crippen LogP contribution is -2.15. The molecule has 0 amide bonds. The monoisotopic (exact) mass is 294 g/mol. The van der Waals surface area contributed by atoms with E-state index in [0.29, 0.717) is 13.2 Å². The number of alkyl halides is 1. The molecule has 0 saturated heterocycles. The number of fused-ring (bicyclic) bond motifs is 1. The standard InChI is InChI=1S/C13H11BrO3/c14-13(11-2-1-5-15-11)9-3-4-10-12(8-9)17-7-6-16-10/h1-5,8,13H,6-7H2. The fourth-order valence-corrected chi connectivity index (χ4v) is 2.36. The SMILES string of the molecule is BrC(c1ccc2c(c1)OCCO2)c1ccco1. The Bertz CT molecular complexity index is 507. The summed E-state index contributed by atoms with van der Waals surface area (Å²) in [6.45, 7) is 1.21. The molecule has 0 bridgehead atoms. The van der Waals surface area contributed by atoms with Crippen LogP contribution < -0.4 is 9.47 Å². The molecule has 1 unspecified atom stereocenters. The number of furan rings is 1. The lowest BCUT2D eigenvalue weighted by Gasteiger charge is -2.19. The van der Waals surface area contributed by atoms with E-state index < -0.39 is 0 Å². The van der Waals surface area contributed by atoms with Crippen LogP contribution in [0.4, 0.5) is 0 Å². The second-order valence-corrected chi connectivity index (χ2v) is 4.70. The minimum Gasteiger partial charge on any atom is -0.486 e. The van der Waals surface area contributed by atoms with E-state index in [1.165, 1.54) is 0 Å². The topological polar surface area (TPSA) is 31.6 Å². The molecule has 0 saturated carbocycles. The van der Waals surface area contributed by atoms with Crippen molar-refractivity contribution in [3.63, 3.8) is 0 Å². The van der Waals surface area contributed by atoms with Crippen molar-refractivity contribution in [2.45, 2.75) is 4.83 Å². The van der Waals surface area contributed by atoms with Crippen molar-refractivity contribution in [3.05, 3.63) is 47.9 Å². The summed E-state index contributed by atoms with van der Waals surface area (Å²) in [4.78, 5) is 0.0355. The normalized spacial score (nSPS) is 15.6. The van der Waals surface area contributed by atoms with E-state index in [1.807, 2.05) is 30.3 Å². The molecule has 17 heavy (non-hydrogen) atoms. The predicted molar refractivity (Wildman–Crippen MR) is 66.9 cm³/mol. The highest BCUT2D eigenvalue weighted by molar-refractivity contribution is 9.09. The van der Waals surface area contributed by atoms with Crippen LogP contribution in [0.5, 0.6) is 11.5 Å². The number of benzene rings is 1. The van der Waals surface area contributed by atoms with Gasteiger partial charge in [0.25, 0.3) is 0 Å². The molecule has 1 aromatic heterocycles. The number of ether oxygens (including phenoxy) is 2. The van der Waals surface area contributed by atoms with Gasteiger partial charge < -0.3 is 13.9 Å². The zero-order valence-electron chi connectivity index (χ0n) is 9.06.